The van der Waals surface area contributed by atoms with E-state index in [0.717, 1.165) is 5.69 Å². The van der Waals surface area contributed by atoms with Gasteiger partial charge in [-0.1, -0.05) is 18.2 Å². The molecule has 8 nitrogen and oxygen atoms in total. The largest absolute Gasteiger partial charge is 0.445 e. The predicted octanol–water partition coefficient (Wildman–Crippen LogP) is -0.641. The third-order valence-electron chi connectivity index (χ3n) is 3.88. The normalized spacial score (nSPS) is 30.3. The second kappa shape index (κ2) is 6.88. The van der Waals surface area contributed by atoms with Gasteiger partial charge in [0.05, 0.1) is 18.0 Å². The summed E-state index contributed by atoms with van der Waals surface area (Å²) in [6.07, 6.45) is -6.66. The molecule has 4 N–H and O–H groups in total. The highest BCUT2D eigenvalue weighted by Crippen LogP contribution is 2.26. The van der Waals surface area contributed by atoms with Gasteiger partial charge in [-0.3, -0.25) is 0 Å². The topological polar surface area (TPSA) is 117 Å². The highest BCUT2D eigenvalue weighted by atomic mass is 16.7. The lowest BCUT2D eigenvalue weighted by molar-refractivity contribution is -0.278. The van der Waals surface area contributed by atoms with E-state index in [2.05, 4.69) is 5.10 Å². The summed E-state index contributed by atoms with van der Waals surface area (Å²) in [4.78, 5) is 0. The molecule has 130 valence electrons. The number of aryl methyl sites for hydroxylation is 1. The molecule has 1 saturated heterocycles. The van der Waals surface area contributed by atoms with E-state index < -0.39 is 37.3 Å². The van der Waals surface area contributed by atoms with Gasteiger partial charge >= 0.3 is 0 Å². The number of ether oxygens (including phenoxy) is 2. The van der Waals surface area contributed by atoms with Gasteiger partial charge in [0, 0.05) is 6.07 Å². The minimum absolute atomic E-state index is 0.308. The van der Waals surface area contributed by atoms with Gasteiger partial charge < -0.3 is 29.9 Å². The first-order chi connectivity index (χ1) is 11.5. The Morgan fingerprint density at radius 3 is 2.50 bits per heavy atom. The Morgan fingerprint density at radius 1 is 1.12 bits per heavy atom. The van der Waals surface area contributed by atoms with Crippen molar-refractivity contribution in [3.8, 4) is 11.6 Å². The van der Waals surface area contributed by atoms with E-state index in [9.17, 15) is 20.4 Å². The van der Waals surface area contributed by atoms with Crippen molar-refractivity contribution < 1.29 is 29.9 Å². The molecular formula is C16H20N2O6. The molecule has 1 aliphatic rings. The van der Waals surface area contributed by atoms with Crippen LogP contribution in [0.3, 0.4) is 0 Å². The molecule has 2 aromatic rings. The average Bonchev–Trinajstić information content (AvgIpc) is 2.96. The summed E-state index contributed by atoms with van der Waals surface area (Å²) < 4.78 is 12.6. The van der Waals surface area contributed by atoms with Gasteiger partial charge in [0.15, 0.2) is 0 Å². The fourth-order valence-corrected chi connectivity index (χ4v) is 2.60. The van der Waals surface area contributed by atoms with Crippen LogP contribution in [0, 0.1) is 6.92 Å². The van der Waals surface area contributed by atoms with Crippen LogP contribution in [0.15, 0.2) is 36.4 Å². The van der Waals surface area contributed by atoms with Gasteiger partial charge in [-0.2, -0.15) is 5.10 Å². The van der Waals surface area contributed by atoms with Crippen LogP contribution in [-0.4, -0.2) is 67.5 Å². The lowest BCUT2D eigenvalue weighted by atomic mass is 9.99. The zero-order valence-corrected chi connectivity index (χ0v) is 13.1. The number of nitrogens with zero attached hydrogens (tertiary/aromatic N) is 2. The first-order valence-corrected chi connectivity index (χ1v) is 7.60. The number of para-hydroxylation sites is 1. The molecule has 2 unspecified atom stereocenters. The molecule has 3 rings (SSSR count). The quantitative estimate of drug-likeness (QED) is 0.587. The number of aliphatic hydroxyl groups is 4. The molecule has 24 heavy (non-hydrogen) atoms. The zero-order chi connectivity index (χ0) is 17.3. The molecule has 1 fully saturated rings. The molecule has 0 radical (unpaired) electrons. The third-order valence-corrected chi connectivity index (χ3v) is 3.88. The summed E-state index contributed by atoms with van der Waals surface area (Å²) in [6.45, 7) is 1.28. The number of rotatable bonds is 4. The summed E-state index contributed by atoms with van der Waals surface area (Å²) in [5, 5.41) is 43.3. The highest BCUT2D eigenvalue weighted by molar-refractivity contribution is 5.35. The van der Waals surface area contributed by atoms with Gasteiger partial charge in [-0.25, -0.2) is 4.68 Å². The average molecular weight is 336 g/mol. The Bertz CT molecular complexity index is 674. The Kier molecular flexibility index (Phi) is 4.83. The van der Waals surface area contributed by atoms with Gasteiger partial charge in [0.1, 0.15) is 24.4 Å². The van der Waals surface area contributed by atoms with Crippen molar-refractivity contribution >= 4 is 0 Å². The summed E-state index contributed by atoms with van der Waals surface area (Å²) in [6, 6.07) is 10.9. The number of aromatic nitrogens is 2. The second-order valence-corrected chi connectivity index (χ2v) is 5.69. The molecule has 0 saturated carbocycles. The van der Waals surface area contributed by atoms with E-state index >= 15 is 0 Å². The van der Waals surface area contributed by atoms with Crippen LogP contribution < -0.4 is 4.74 Å². The lowest BCUT2D eigenvalue weighted by Gasteiger charge is -2.39. The van der Waals surface area contributed by atoms with Crippen LogP contribution in [0.5, 0.6) is 5.88 Å². The highest BCUT2D eigenvalue weighted by Gasteiger charge is 2.45. The van der Waals surface area contributed by atoms with Gasteiger partial charge in [0.2, 0.25) is 12.2 Å². The van der Waals surface area contributed by atoms with Crippen LogP contribution in [0.2, 0.25) is 0 Å². The fourth-order valence-electron chi connectivity index (χ4n) is 2.60. The molecule has 8 heteroatoms. The van der Waals surface area contributed by atoms with E-state index in [1.54, 1.807) is 13.0 Å². The van der Waals surface area contributed by atoms with Crippen molar-refractivity contribution in [2.45, 2.75) is 37.6 Å². The van der Waals surface area contributed by atoms with Crippen molar-refractivity contribution in [1.29, 1.82) is 0 Å². The molecule has 0 bridgehead atoms. The Labute approximate surface area is 138 Å². The van der Waals surface area contributed by atoms with E-state index in [-0.39, 0.29) is 0 Å². The Hall–Kier alpha value is -1.97. The van der Waals surface area contributed by atoms with Crippen LogP contribution in [-0.2, 0) is 4.74 Å². The summed E-state index contributed by atoms with van der Waals surface area (Å²) >= 11 is 0. The SMILES string of the molecule is Cc1cc(OC2O[C@H](CO)C(O)[C@H](O)[C@H]2O)n(-c2ccccc2)n1. The van der Waals surface area contributed by atoms with Gasteiger partial charge in [-0.15, -0.1) is 0 Å². The zero-order valence-electron chi connectivity index (χ0n) is 13.1. The van der Waals surface area contributed by atoms with Crippen molar-refractivity contribution in [1.82, 2.24) is 9.78 Å². The standard InChI is InChI=1S/C16H20N2O6/c1-9-7-12(18(17-9)10-5-3-2-4-6-10)24-16-15(22)14(21)13(20)11(8-19)23-16/h2-7,11,13-16,19-22H,8H2,1H3/t11-,13?,14+,15-,16?/m1/s1. The maximum atomic E-state index is 10.1. The summed E-state index contributed by atoms with van der Waals surface area (Å²) in [5.41, 5.74) is 1.45. The predicted molar refractivity (Wildman–Crippen MR) is 82.7 cm³/mol. The van der Waals surface area contributed by atoms with E-state index in [1.807, 2.05) is 30.3 Å². The van der Waals surface area contributed by atoms with Gasteiger partial charge in [-0.05, 0) is 19.1 Å². The maximum absolute atomic E-state index is 10.1. The number of hydrogen-bond donors (Lipinski definition) is 4. The van der Waals surface area contributed by atoms with E-state index in [0.29, 0.717) is 11.6 Å². The minimum Gasteiger partial charge on any atom is -0.445 e. The van der Waals surface area contributed by atoms with Crippen molar-refractivity contribution in [3.05, 3.63) is 42.1 Å². The van der Waals surface area contributed by atoms with Gasteiger partial charge in [0.25, 0.3) is 0 Å². The molecule has 0 aliphatic carbocycles. The number of benzene rings is 1. The van der Waals surface area contributed by atoms with E-state index in [1.165, 1.54) is 4.68 Å². The molecular weight excluding hydrogens is 316 g/mol. The maximum Gasteiger partial charge on any atom is 0.231 e. The van der Waals surface area contributed by atoms with Crippen molar-refractivity contribution in [3.63, 3.8) is 0 Å². The molecule has 1 aliphatic heterocycles. The molecule has 0 amide bonds. The molecule has 2 heterocycles. The smallest absolute Gasteiger partial charge is 0.231 e. The summed E-state index contributed by atoms with van der Waals surface area (Å²) in [7, 11) is 0. The molecule has 1 aromatic carbocycles. The molecule has 1 aromatic heterocycles. The van der Waals surface area contributed by atoms with E-state index in [4.69, 9.17) is 9.47 Å². The van der Waals surface area contributed by atoms with Crippen LogP contribution in [0.4, 0.5) is 0 Å². The number of hydrogen-bond acceptors (Lipinski definition) is 7. The third kappa shape index (κ3) is 3.14. The first kappa shape index (κ1) is 16.9. The minimum atomic E-state index is -1.49. The molecule has 0 spiro atoms. The van der Waals surface area contributed by atoms with Crippen molar-refractivity contribution in [2.24, 2.45) is 0 Å². The first-order valence-electron chi connectivity index (χ1n) is 7.60. The van der Waals surface area contributed by atoms with Crippen LogP contribution in [0.1, 0.15) is 5.69 Å². The molecule has 5 atom stereocenters. The van der Waals surface area contributed by atoms with Crippen molar-refractivity contribution in [2.75, 3.05) is 6.61 Å². The van der Waals surface area contributed by atoms with Crippen LogP contribution >= 0.6 is 0 Å². The summed E-state index contributed by atoms with van der Waals surface area (Å²) in [5.74, 6) is 0.308. The fraction of sp³-hybridized carbons (Fsp3) is 0.438. The Balaban J connectivity index is 1.86. The van der Waals surface area contributed by atoms with Crippen LogP contribution in [0.25, 0.3) is 5.69 Å². The number of aliphatic hydroxyl groups excluding tert-OH is 4. The lowest BCUT2D eigenvalue weighted by Crippen LogP contribution is -2.60. The monoisotopic (exact) mass is 336 g/mol. The second-order valence-electron chi connectivity index (χ2n) is 5.69. The Morgan fingerprint density at radius 2 is 1.83 bits per heavy atom.